The molecule has 1 heterocycles. The molecule has 0 aliphatic carbocycles. The van der Waals surface area contributed by atoms with Gasteiger partial charge in [0.2, 0.25) is 0 Å². The average Bonchev–Trinajstić information content (AvgIpc) is 2.36. The Bertz CT molecular complexity index is 244. The van der Waals surface area contributed by atoms with Gasteiger partial charge in [0.05, 0.1) is 11.4 Å². The summed E-state index contributed by atoms with van der Waals surface area (Å²) in [5, 5.41) is 1.69. The van der Waals surface area contributed by atoms with Gasteiger partial charge in [0, 0.05) is 0 Å². The molecule has 11 heavy (non-hydrogen) atoms. The van der Waals surface area contributed by atoms with Crippen LogP contribution in [-0.4, -0.2) is 6.54 Å². The maximum absolute atomic E-state index is 12.8. The smallest absolute Gasteiger partial charge is 0.294 e. The lowest BCUT2D eigenvalue weighted by molar-refractivity contribution is 0.00986. The molecule has 0 amide bonds. The fraction of sp³-hybridized carbons (Fsp3) is 0.429. The van der Waals surface area contributed by atoms with Gasteiger partial charge in [0.1, 0.15) is 0 Å². The number of rotatable bonds is 2. The molecular weight excluding hydrogens is 168 g/mol. The molecule has 0 spiro atoms. The Morgan fingerprint density at radius 1 is 1.64 bits per heavy atom. The van der Waals surface area contributed by atoms with Gasteiger partial charge in [-0.05, 0) is 23.9 Å². The lowest BCUT2D eigenvalue weighted by atomic mass is 10.2. The van der Waals surface area contributed by atoms with Crippen molar-refractivity contribution < 1.29 is 8.78 Å². The van der Waals surface area contributed by atoms with E-state index in [2.05, 4.69) is 0 Å². The Hall–Kier alpha value is -0.480. The number of aryl methyl sites for hydroxylation is 1. The third-order valence-corrected chi connectivity index (χ3v) is 2.51. The van der Waals surface area contributed by atoms with E-state index in [1.165, 1.54) is 6.07 Å². The first-order valence-corrected chi connectivity index (χ1v) is 4.08. The van der Waals surface area contributed by atoms with Crippen molar-refractivity contribution in [2.75, 3.05) is 6.54 Å². The van der Waals surface area contributed by atoms with Crippen LogP contribution in [0.5, 0.6) is 0 Å². The Labute approximate surface area is 67.8 Å². The van der Waals surface area contributed by atoms with E-state index in [-0.39, 0.29) is 4.88 Å². The molecule has 0 aromatic carbocycles. The summed E-state index contributed by atoms with van der Waals surface area (Å²) in [6.45, 7) is 1.17. The van der Waals surface area contributed by atoms with Crippen LogP contribution in [0.4, 0.5) is 8.78 Å². The molecule has 0 unspecified atom stereocenters. The van der Waals surface area contributed by atoms with E-state index >= 15 is 0 Å². The molecular formula is C7H9F2NS. The molecule has 0 aliphatic rings. The summed E-state index contributed by atoms with van der Waals surface area (Å²) in [4.78, 5) is 0.0532. The minimum atomic E-state index is -2.85. The Kier molecular flexibility index (Phi) is 2.25. The third kappa shape index (κ3) is 1.75. The maximum Gasteiger partial charge on any atom is 0.294 e. The molecule has 2 N–H and O–H groups in total. The minimum absolute atomic E-state index is 0.0532. The van der Waals surface area contributed by atoms with E-state index in [0.29, 0.717) is 0 Å². The molecule has 0 radical (unpaired) electrons. The zero-order valence-corrected chi connectivity index (χ0v) is 6.92. The van der Waals surface area contributed by atoms with Gasteiger partial charge in [-0.2, -0.15) is 8.78 Å². The van der Waals surface area contributed by atoms with Crippen LogP contribution in [0.1, 0.15) is 10.4 Å². The van der Waals surface area contributed by atoms with Gasteiger partial charge in [-0.25, -0.2) is 0 Å². The molecule has 0 bridgehead atoms. The van der Waals surface area contributed by atoms with E-state index in [4.69, 9.17) is 5.73 Å². The second-order valence-corrected chi connectivity index (χ2v) is 3.31. The average molecular weight is 177 g/mol. The van der Waals surface area contributed by atoms with Gasteiger partial charge >= 0.3 is 0 Å². The second-order valence-electron chi connectivity index (χ2n) is 2.40. The number of halogens is 2. The molecule has 1 nitrogen and oxygen atoms in total. The summed E-state index contributed by atoms with van der Waals surface area (Å²) in [5.41, 5.74) is 5.76. The van der Waals surface area contributed by atoms with Crippen LogP contribution in [0.25, 0.3) is 0 Å². The van der Waals surface area contributed by atoms with Gasteiger partial charge in [0.15, 0.2) is 0 Å². The topological polar surface area (TPSA) is 26.0 Å². The van der Waals surface area contributed by atoms with E-state index in [9.17, 15) is 8.78 Å². The first-order valence-electron chi connectivity index (χ1n) is 3.20. The summed E-state index contributed by atoms with van der Waals surface area (Å²) in [6.07, 6.45) is 0. The number of hydrogen-bond acceptors (Lipinski definition) is 2. The molecule has 1 aromatic rings. The fourth-order valence-corrected chi connectivity index (χ4v) is 1.61. The number of alkyl halides is 2. The molecule has 0 saturated heterocycles. The van der Waals surface area contributed by atoms with E-state index < -0.39 is 12.5 Å². The van der Waals surface area contributed by atoms with Crippen LogP contribution < -0.4 is 5.73 Å². The van der Waals surface area contributed by atoms with Gasteiger partial charge in [-0.1, -0.05) is 0 Å². The van der Waals surface area contributed by atoms with Crippen molar-refractivity contribution in [1.29, 1.82) is 0 Å². The normalized spacial score (nSPS) is 12.0. The van der Waals surface area contributed by atoms with Crippen molar-refractivity contribution in [3.63, 3.8) is 0 Å². The van der Waals surface area contributed by atoms with Crippen molar-refractivity contribution in [1.82, 2.24) is 0 Å². The SMILES string of the molecule is Cc1csc(C(F)(F)CN)c1. The van der Waals surface area contributed by atoms with Crippen LogP contribution in [-0.2, 0) is 5.92 Å². The van der Waals surface area contributed by atoms with Crippen molar-refractivity contribution in [2.24, 2.45) is 5.73 Å². The summed E-state index contributed by atoms with van der Waals surface area (Å²) >= 11 is 1.05. The lowest BCUT2D eigenvalue weighted by Crippen LogP contribution is -2.23. The quantitative estimate of drug-likeness (QED) is 0.735. The molecule has 0 fully saturated rings. The van der Waals surface area contributed by atoms with Crippen LogP contribution in [0.15, 0.2) is 11.4 Å². The molecule has 1 aromatic heterocycles. The van der Waals surface area contributed by atoms with Crippen LogP contribution >= 0.6 is 11.3 Å². The van der Waals surface area contributed by atoms with Crippen molar-refractivity contribution in [3.8, 4) is 0 Å². The highest BCUT2D eigenvalue weighted by molar-refractivity contribution is 7.10. The second kappa shape index (κ2) is 2.87. The van der Waals surface area contributed by atoms with Crippen LogP contribution in [0.2, 0.25) is 0 Å². The fourth-order valence-electron chi connectivity index (χ4n) is 0.724. The minimum Gasteiger partial charge on any atom is -0.325 e. The highest BCUT2D eigenvalue weighted by atomic mass is 32.1. The molecule has 1 rings (SSSR count). The molecule has 4 heteroatoms. The molecule has 62 valence electrons. The lowest BCUT2D eigenvalue weighted by Gasteiger charge is -2.10. The van der Waals surface area contributed by atoms with Gasteiger partial charge in [0.25, 0.3) is 5.92 Å². The molecule has 0 aliphatic heterocycles. The number of nitrogens with two attached hydrogens (primary N) is 1. The zero-order chi connectivity index (χ0) is 8.48. The summed E-state index contributed by atoms with van der Waals surface area (Å²) in [7, 11) is 0. The zero-order valence-electron chi connectivity index (χ0n) is 6.10. The summed E-state index contributed by atoms with van der Waals surface area (Å²) < 4.78 is 25.6. The summed E-state index contributed by atoms with van der Waals surface area (Å²) in [5.74, 6) is -2.85. The van der Waals surface area contributed by atoms with E-state index in [1.54, 1.807) is 12.3 Å². The highest BCUT2D eigenvalue weighted by Gasteiger charge is 2.30. The summed E-state index contributed by atoms with van der Waals surface area (Å²) in [6, 6.07) is 1.47. The molecule has 0 atom stereocenters. The predicted octanol–water partition coefficient (Wildman–Crippen LogP) is 2.11. The van der Waals surface area contributed by atoms with Crippen LogP contribution in [0.3, 0.4) is 0 Å². The van der Waals surface area contributed by atoms with Crippen molar-refractivity contribution in [2.45, 2.75) is 12.8 Å². The van der Waals surface area contributed by atoms with Gasteiger partial charge < -0.3 is 5.73 Å². The van der Waals surface area contributed by atoms with E-state index in [0.717, 1.165) is 16.9 Å². The van der Waals surface area contributed by atoms with Crippen molar-refractivity contribution >= 4 is 11.3 Å². The predicted molar refractivity (Wildman–Crippen MR) is 42.0 cm³/mol. The van der Waals surface area contributed by atoms with Gasteiger partial charge in [-0.15, -0.1) is 11.3 Å². The highest BCUT2D eigenvalue weighted by Crippen LogP contribution is 2.31. The molecule has 0 saturated carbocycles. The monoisotopic (exact) mass is 177 g/mol. The maximum atomic E-state index is 12.8. The Morgan fingerprint density at radius 2 is 2.27 bits per heavy atom. The first-order chi connectivity index (χ1) is 5.06. The largest absolute Gasteiger partial charge is 0.325 e. The standard InChI is InChI=1S/C7H9F2NS/c1-5-2-6(11-3-5)7(8,9)4-10/h2-3H,4,10H2,1H3. The number of thiophene rings is 1. The Balaban J connectivity index is 2.92. The third-order valence-electron chi connectivity index (χ3n) is 1.35. The van der Waals surface area contributed by atoms with Crippen LogP contribution in [0, 0.1) is 6.92 Å². The number of hydrogen-bond donors (Lipinski definition) is 1. The Morgan fingerprint density at radius 3 is 2.64 bits per heavy atom. The van der Waals surface area contributed by atoms with Gasteiger partial charge in [-0.3, -0.25) is 0 Å². The first kappa shape index (κ1) is 8.62. The van der Waals surface area contributed by atoms with Crippen molar-refractivity contribution in [3.05, 3.63) is 21.9 Å². The van der Waals surface area contributed by atoms with E-state index in [1.807, 2.05) is 0 Å².